The number of methoxy groups -OCH3 is 1. The number of carboxylic acids is 1. The summed E-state index contributed by atoms with van der Waals surface area (Å²) in [6.07, 6.45) is 2.78. The van der Waals surface area contributed by atoms with E-state index in [-0.39, 0.29) is 70.9 Å². The summed E-state index contributed by atoms with van der Waals surface area (Å²) < 4.78 is 22.6. The molecule has 0 bridgehead atoms. The molecule has 0 saturated carbocycles. The molecule has 0 radical (unpaired) electrons. The quantitative estimate of drug-likeness (QED) is 0.122. The van der Waals surface area contributed by atoms with E-state index in [9.17, 15) is 19.5 Å². The van der Waals surface area contributed by atoms with Gasteiger partial charge in [-0.2, -0.15) is 0 Å². The van der Waals surface area contributed by atoms with E-state index >= 15 is 0 Å². The van der Waals surface area contributed by atoms with Crippen LogP contribution in [0.5, 0.6) is 0 Å². The Labute approximate surface area is 297 Å². The Morgan fingerprint density at radius 1 is 0.980 bits per heavy atom. The molecule has 0 spiro atoms. The van der Waals surface area contributed by atoms with Gasteiger partial charge in [-0.05, 0) is 76.5 Å². The number of aliphatic hydroxyl groups is 2. The van der Waals surface area contributed by atoms with Gasteiger partial charge in [0.15, 0.2) is 0 Å². The van der Waals surface area contributed by atoms with Gasteiger partial charge in [0.2, 0.25) is 0 Å². The molecule has 282 valence electrons. The Bertz CT molecular complexity index is 1190. The molecular formula is C34H58B2N2O12. The summed E-state index contributed by atoms with van der Waals surface area (Å²) in [4.78, 5) is 37.8. The third-order valence-corrected chi connectivity index (χ3v) is 10.3. The van der Waals surface area contributed by atoms with E-state index in [0.29, 0.717) is 32.1 Å². The molecule has 0 aliphatic carbocycles. The second-order valence-electron chi connectivity index (χ2n) is 14.1. The van der Waals surface area contributed by atoms with Crippen LogP contribution < -0.4 is 5.32 Å². The van der Waals surface area contributed by atoms with Gasteiger partial charge in [-0.3, -0.25) is 9.69 Å². The van der Waals surface area contributed by atoms with Crippen molar-refractivity contribution in [2.75, 3.05) is 33.4 Å². The molecular weight excluding hydrogens is 650 g/mol. The first-order chi connectivity index (χ1) is 23.1. The maximum absolute atomic E-state index is 12.9. The smallest absolute Gasteiger partial charge is 0.457 e. The summed E-state index contributed by atoms with van der Waals surface area (Å²) in [7, 11) is -0.360. The van der Waals surface area contributed by atoms with E-state index in [1.807, 2.05) is 58.0 Å². The number of likely N-dealkylation sites (tertiary alicyclic amines) is 1. The van der Waals surface area contributed by atoms with Crippen molar-refractivity contribution < 1.29 is 58.5 Å². The average Bonchev–Trinajstić information content (AvgIpc) is 3.70. The molecule has 1 aromatic rings. The van der Waals surface area contributed by atoms with E-state index in [4.69, 9.17) is 39.0 Å². The Morgan fingerprint density at radius 2 is 1.58 bits per heavy atom. The first-order valence-electron chi connectivity index (χ1n) is 17.1. The molecule has 2 unspecified atom stereocenters. The number of amides is 1. The molecule has 3 saturated heterocycles. The van der Waals surface area contributed by atoms with Crippen molar-refractivity contribution in [2.45, 2.75) is 103 Å². The van der Waals surface area contributed by atoms with Gasteiger partial charge in [-0.1, -0.05) is 50.6 Å². The zero-order chi connectivity index (χ0) is 36.4. The van der Waals surface area contributed by atoms with Gasteiger partial charge in [0, 0.05) is 32.2 Å². The minimum atomic E-state index is -1.34. The van der Waals surface area contributed by atoms with Crippen molar-refractivity contribution >= 4 is 32.3 Å². The maximum Gasteiger partial charge on any atom is 0.457 e. The van der Waals surface area contributed by atoms with Crippen LogP contribution in [0.3, 0.4) is 0 Å². The fraction of sp³-hybridized carbons (Fsp3) is 0.735. The number of hydrogen-bond acceptors (Lipinski definition) is 12. The number of rotatable bonds is 14. The van der Waals surface area contributed by atoms with E-state index in [1.54, 1.807) is 0 Å². The van der Waals surface area contributed by atoms with Crippen molar-refractivity contribution in [3.05, 3.63) is 35.9 Å². The molecule has 50 heavy (non-hydrogen) atoms. The molecule has 1 amide bonds. The van der Waals surface area contributed by atoms with Crippen molar-refractivity contribution in [3.8, 4) is 0 Å². The molecule has 4 rings (SSSR count). The number of esters is 1. The lowest BCUT2D eigenvalue weighted by molar-refractivity contribution is -0.147. The van der Waals surface area contributed by atoms with E-state index in [2.05, 4.69) is 5.32 Å². The molecule has 14 nitrogen and oxygen atoms in total. The van der Waals surface area contributed by atoms with Gasteiger partial charge >= 0.3 is 32.3 Å². The van der Waals surface area contributed by atoms with Crippen molar-refractivity contribution in [3.63, 3.8) is 0 Å². The first-order valence-corrected chi connectivity index (χ1v) is 17.1. The zero-order valence-corrected chi connectivity index (χ0v) is 29.3. The first kappa shape index (κ1) is 43.4. The number of aliphatic hydroxyl groups excluding tert-OH is 2. The van der Waals surface area contributed by atoms with Crippen molar-refractivity contribution in [2.24, 2.45) is 23.7 Å². The average molecular weight is 708 g/mol. The molecule has 3 fully saturated rings. The maximum atomic E-state index is 12.9. The lowest BCUT2D eigenvalue weighted by atomic mass is 9.78. The highest BCUT2D eigenvalue weighted by Crippen LogP contribution is 2.40. The number of carbonyl (C=O) groups excluding carboxylic acids is 2. The van der Waals surface area contributed by atoms with Crippen LogP contribution in [-0.4, -0.2) is 119 Å². The number of ether oxygens (including phenoxy) is 2. The molecule has 0 aromatic heterocycles. The third-order valence-electron chi connectivity index (χ3n) is 10.3. The normalized spacial score (nSPS) is 26.4. The molecule has 3 heterocycles. The van der Waals surface area contributed by atoms with Crippen molar-refractivity contribution in [1.82, 2.24) is 10.2 Å². The second kappa shape index (κ2) is 19.8. The number of nitrogens with zero attached hydrogens (tertiary/aromatic N) is 1. The number of benzene rings is 1. The summed E-state index contributed by atoms with van der Waals surface area (Å²) in [6, 6.07) is 7.93. The highest BCUT2D eigenvalue weighted by Gasteiger charge is 2.52. The van der Waals surface area contributed by atoms with Crippen LogP contribution in [0.15, 0.2) is 30.3 Å². The SMILES string of the molecule is C.COC(=O)[C@@H]1[C@H](CCCB2OC(C)(C)C(C)(C)O2)C(CO)CN1C(=O)OCc1ccccc1.O=C(O)[C@H]1NCC(CO)[C@H]1CCCB(O)O. The lowest BCUT2D eigenvalue weighted by Gasteiger charge is -2.32. The van der Waals surface area contributed by atoms with Gasteiger partial charge < -0.3 is 49.5 Å². The predicted octanol–water partition coefficient (Wildman–Crippen LogP) is 2.43. The van der Waals surface area contributed by atoms with Crippen LogP contribution >= 0.6 is 0 Å². The van der Waals surface area contributed by atoms with Crippen LogP contribution in [0.25, 0.3) is 0 Å². The Morgan fingerprint density at radius 3 is 2.12 bits per heavy atom. The topological polar surface area (TPSA) is 205 Å². The molecule has 1 aromatic carbocycles. The fourth-order valence-electron chi connectivity index (χ4n) is 6.86. The van der Waals surface area contributed by atoms with Crippen LogP contribution in [0.4, 0.5) is 4.79 Å². The molecule has 6 N–H and O–H groups in total. The van der Waals surface area contributed by atoms with Crippen LogP contribution in [0.2, 0.25) is 12.6 Å². The number of hydrogen-bond donors (Lipinski definition) is 6. The minimum absolute atomic E-state index is 0. The molecule has 16 heteroatoms. The lowest BCUT2D eigenvalue weighted by Crippen LogP contribution is -2.44. The highest BCUT2D eigenvalue weighted by molar-refractivity contribution is 6.45. The fourth-order valence-corrected chi connectivity index (χ4v) is 6.86. The number of carboxylic acid groups (broad SMARTS) is 1. The van der Waals surface area contributed by atoms with Gasteiger partial charge in [-0.25, -0.2) is 9.59 Å². The highest BCUT2D eigenvalue weighted by atomic mass is 16.7. The molecule has 6 atom stereocenters. The van der Waals surface area contributed by atoms with E-state index in [1.165, 1.54) is 12.0 Å². The summed E-state index contributed by atoms with van der Waals surface area (Å²) >= 11 is 0. The summed E-state index contributed by atoms with van der Waals surface area (Å²) in [5.41, 5.74) is 0.0660. The number of nitrogens with one attached hydrogen (secondary N) is 1. The summed E-state index contributed by atoms with van der Waals surface area (Å²) in [6.45, 7) is 8.73. The van der Waals surface area contributed by atoms with Crippen LogP contribution in [0, 0.1) is 23.7 Å². The van der Waals surface area contributed by atoms with Gasteiger partial charge in [-0.15, -0.1) is 0 Å². The Kier molecular flexibility index (Phi) is 17.2. The Hall–Kier alpha value is -2.72. The van der Waals surface area contributed by atoms with Gasteiger partial charge in [0.1, 0.15) is 18.7 Å². The Balaban J connectivity index is 0.000000430. The number of carbonyl (C=O) groups is 3. The summed E-state index contributed by atoms with van der Waals surface area (Å²) in [5, 5.41) is 48.3. The third kappa shape index (κ3) is 11.4. The zero-order valence-electron chi connectivity index (χ0n) is 29.3. The van der Waals surface area contributed by atoms with Gasteiger partial charge in [0.25, 0.3) is 0 Å². The largest absolute Gasteiger partial charge is 0.480 e. The second-order valence-corrected chi connectivity index (χ2v) is 14.1. The monoisotopic (exact) mass is 708 g/mol. The molecule has 3 aliphatic rings. The molecule has 3 aliphatic heterocycles. The van der Waals surface area contributed by atoms with Crippen LogP contribution in [-0.2, 0) is 35.0 Å². The van der Waals surface area contributed by atoms with Crippen LogP contribution in [0.1, 0.15) is 66.4 Å². The van der Waals surface area contributed by atoms with E-state index in [0.717, 1.165) is 12.0 Å². The minimum Gasteiger partial charge on any atom is -0.480 e. The van der Waals surface area contributed by atoms with Gasteiger partial charge in [0.05, 0.1) is 18.3 Å². The van der Waals surface area contributed by atoms with E-state index < -0.39 is 48.4 Å². The standard InChI is InChI=1S/C24H36BNO7.C9H18BNO5.CH4/c1-23(2)24(3,4)33-25(32-23)13-9-12-19-18(15-27)14-26(20(19)21(28)30-5)22(29)31-16-17-10-7-6-8-11-17;12-5-6-4-11-8(9(13)14)7(6)2-1-3-10(15)16;/h6-8,10-11,18-20,27H,9,12-16H2,1-5H3;6-8,11-12,15-16H,1-5H2,(H,13,14);1H4/t18?,19-,20+;6?,7-,8+;/m11./s1. The van der Waals surface area contributed by atoms with Crippen molar-refractivity contribution in [1.29, 1.82) is 0 Å². The number of aliphatic carboxylic acids is 1. The predicted molar refractivity (Wildman–Crippen MR) is 188 cm³/mol. The summed E-state index contributed by atoms with van der Waals surface area (Å²) in [5.74, 6) is -2.09.